The minimum atomic E-state index is -0.866. The highest BCUT2D eigenvalue weighted by Crippen LogP contribution is 2.24. The first-order chi connectivity index (χ1) is 8.43. The monoisotopic (exact) mass is 262 g/mol. The van der Waals surface area contributed by atoms with Crippen LogP contribution in [0.5, 0.6) is 0 Å². The van der Waals surface area contributed by atoms with Crippen LogP contribution in [-0.4, -0.2) is 23.8 Å². The first-order valence-corrected chi connectivity index (χ1v) is 6.89. The van der Waals surface area contributed by atoms with E-state index in [1.54, 1.807) is 13.8 Å². The molecule has 1 aromatic rings. The highest BCUT2D eigenvalue weighted by atomic mass is 16.5. The number of aliphatic hydroxyl groups is 1. The van der Waals surface area contributed by atoms with Gasteiger partial charge in [0.2, 0.25) is 0 Å². The summed E-state index contributed by atoms with van der Waals surface area (Å²) in [5.41, 5.74) is 1.14. The van der Waals surface area contributed by atoms with E-state index in [4.69, 9.17) is 4.65 Å². The van der Waals surface area contributed by atoms with Crippen LogP contribution in [0.3, 0.4) is 0 Å². The summed E-state index contributed by atoms with van der Waals surface area (Å²) < 4.78 is 5.90. The van der Waals surface area contributed by atoms with Crippen LogP contribution < -0.4 is 5.46 Å². The van der Waals surface area contributed by atoms with Gasteiger partial charge in [-0.1, -0.05) is 50.5 Å². The van der Waals surface area contributed by atoms with E-state index in [1.165, 1.54) is 5.56 Å². The van der Waals surface area contributed by atoms with Gasteiger partial charge in [-0.2, -0.15) is 0 Å². The van der Waals surface area contributed by atoms with Crippen molar-refractivity contribution in [2.45, 2.75) is 65.1 Å². The van der Waals surface area contributed by atoms with Gasteiger partial charge in [0, 0.05) is 0 Å². The molecule has 19 heavy (non-hydrogen) atoms. The molecule has 1 N–H and O–H groups in total. The molecule has 0 atom stereocenters. The van der Waals surface area contributed by atoms with Crippen LogP contribution in [0.25, 0.3) is 0 Å². The molecule has 0 spiro atoms. The quantitative estimate of drug-likeness (QED) is 0.845. The molecule has 0 saturated carbocycles. The van der Waals surface area contributed by atoms with E-state index in [1.807, 2.05) is 13.8 Å². The number of hydrogen-bond donors (Lipinski definition) is 1. The third-order valence-corrected chi connectivity index (χ3v) is 3.87. The lowest BCUT2D eigenvalue weighted by Crippen LogP contribution is -2.49. The van der Waals surface area contributed by atoms with E-state index in [9.17, 15) is 5.11 Å². The van der Waals surface area contributed by atoms with Gasteiger partial charge in [0.1, 0.15) is 0 Å². The van der Waals surface area contributed by atoms with Crippen LogP contribution in [0.15, 0.2) is 24.3 Å². The maximum absolute atomic E-state index is 10.1. The van der Waals surface area contributed by atoms with E-state index >= 15 is 0 Å². The van der Waals surface area contributed by atoms with Crippen LogP contribution in [0.2, 0.25) is 0 Å². The lowest BCUT2D eigenvalue weighted by atomic mass is 9.79. The van der Waals surface area contributed by atoms with Crippen molar-refractivity contribution >= 4 is 12.9 Å². The minimum Gasteiger partial charge on any atom is -0.427 e. The Morgan fingerprint density at radius 3 is 2.05 bits per heavy atom. The largest absolute Gasteiger partial charge is 0.427 e. The predicted octanol–water partition coefficient (Wildman–Crippen LogP) is 2.53. The SMILES string of the molecule is CC(C)(C)c1cccc(BOC(C)(C)C(C)(C)O)c1. The van der Waals surface area contributed by atoms with E-state index in [0.29, 0.717) is 7.48 Å². The Kier molecular flexibility index (Phi) is 4.53. The number of benzene rings is 1. The van der Waals surface area contributed by atoms with Gasteiger partial charge in [0.25, 0.3) is 0 Å². The maximum Gasteiger partial charge on any atom is 0.309 e. The molecule has 106 valence electrons. The van der Waals surface area contributed by atoms with Crippen molar-refractivity contribution in [1.29, 1.82) is 0 Å². The van der Waals surface area contributed by atoms with Crippen molar-refractivity contribution in [1.82, 2.24) is 0 Å². The average molecular weight is 262 g/mol. The van der Waals surface area contributed by atoms with Gasteiger partial charge in [-0.15, -0.1) is 0 Å². The second kappa shape index (κ2) is 5.30. The zero-order valence-electron chi connectivity index (χ0n) is 13.4. The Bertz CT molecular complexity index is 425. The van der Waals surface area contributed by atoms with Gasteiger partial charge in [-0.05, 0) is 38.7 Å². The summed E-state index contributed by atoms with van der Waals surface area (Å²) in [6.45, 7) is 14.0. The Labute approximate surface area is 118 Å². The van der Waals surface area contributed by atoms with Crippen molar-refractivity contribution in [2.24, 2.45) is 0 Å². The molecule has 1 aromatic carbocycles. The van der Waals surface area contributed by atoms with Gasteiger partial charge in [0.05, 0.1) is 11.2 Å². The molecular weight excluding hydrogens is 235 g/mol. The summed E-state index contributed by atoms with van der Waals surface area (Å²) >= 11 is 0. The summed E-state index contributed by atoms with van der Waals surface area (Å²) in [4.78, 5) is 0. The van der Waals surface area contributed by atoms with Gasteiger partial charge >= 0.3 is 7.48 Å². The number of hydrogen-bond acceptors (Lipinski definition) is 2. The first kappa shape index (κ1) is 16.3. The van der Waals surface area contributed by atoms with Gasteiger partial charge in [0.15, 0.2) is 0 Å². The second-order valence-corrected chi connectivity index (χ2v) is 7.31. The summed E-state index contributed by atoms with van der Waals surface area (Å²) in [6, 6.07) is 8.46. The van der Waals surface area contributed by atoms with Crippen molar-refractivity contribution in [2.75, 3.05) is 0 Å². The summed E-state index contributed by atoms with van der Waals surface area (Å²) in [6.07, 6.45) is 0. The molecule has 0 amide bonds. The Balaban J connectivity index is 2.80. The van der Waals surface area contributed by atoms with E-state index in [2.05, 4.69) is 45.0 Å². The maximum atomic E-state index is 10.1. The summed E-state index contributed by atoms with van der Waals surface area (Å²) in [7, 11) is 0.515. The molecule has 0 fully saturated rings. The van der Waals surface area contributed by atoms with Gasteiger partial charge < -0.3 is 9.76 Å². The van der Waals surface area contributed by atoms with E-state index in [0.717, 1.165) is 5.46 Å². The molecule has 0 unspecified atom stereocenters. The van der Waals surface area contributed by atoms with Crippen LogP contribution in [0.4, 0.5) is 0 Å². The predicted molar refractivity (Wildman–Crippen MR) is 83.4 cm³/mol. The third-order valence-electron chi connectivity index (χ3n) is 3.87. The van der Waals surface area contributed by atoms with Crippen molar-refractivity contribution < 1.29 is 9.76 Å². The van der Waals surface area contributed by atoms with Crippen molar-refractivity contribution in [3.05, 3.63) is 29.8 Å². The molecular formula is C16H27BO2. The topological polar surface area (TPSA) is 29.5 Å². The Morgan fingerprint density at radius 1 is 1.00 bits per heavy atom. The highest BCUT2D eigenvalue weighted by molar-refractivity contribution is 6.47. The molecule has 2 nitrogen and oxygen atoms in total. The number of rotatable bonds is 4. The van der Waals surface area contributed by atoms with Crippen LogP contribution >= 0.6 is 0 Å². The molecule has 0 aliphatic carbocycles. The van der Waals surface area contributed by atoms with Crippen molar-refractivity contribution in [3.8, 4) is 0 Å². The molecule has 0 aromatic heterocycles. The fourth-order valence-corrected chi connectivity index (χ4v) is 1.57. The fraction of sp³-hybridized carbons (Fsp3) is 0.625. The van der Waals surface area contributed by atoms with Crippen LogP contribution in [0.1, 0.15) is 54.0 Å². The first-order valence-electron chi connectivity index (χ1n) is 6.89. The molecule has 0 saturated heterocycles. The summed E-state index contributed by atoms with van der Waals surface area (Å²) in [5.74, 6) is 0. The molecule has 0 radical (unpaired) electrons. The highest BCUT2D eigenvalue weighted by Gasteiger charge is 2.35. The lowest BCUT2D eigenvalue weighted by molar-refractivity contribution is -0.0893. The molecule has 1 rings (SSSR count). The standard InChI is InChI=1S/C16H27BO2/c1-14(2,3)12-9-8-10-13(11-12)17-19-16(6,7)15(4,5)18/h8-11,17-18H,1-7H3. The van der Waals surface area contributed by atoms with Gasteiger partial charge in [-0.3, -0.25) is 0 Å². The zero-order valence-corrected chi connectivity index (χ0v) is 13.4. The van der Waals surface area contributed by atoms with Gasteiger partial charge in [-0.25, -0.2) is 0 Å². The molecule has 0 bridgehead atoms. The second-order valence-electron chi connectivity index (χ2n) is 7.31. The van der Waals surface area contributed by atoms with Crippen LogP contribution in [-0.2, 0) is 10.1 Å². The lowest BCUT2D eigenvalue weighted by Gasteiger charge is -2.37. The molecule has 0 aliphatic heterocycles. The van der Waals surface area contributed by atoms with E-state index in [-0.39, 0.29) is 5.41 Å². The van der Waals surface area contributed by atoms with Crippen LogP contribution in [0, 0.1) is 0 Å². The fourth-order valence-electron chi connectivity index (χ4n) is 1.57. The molecule has 0 heterocycles. The van der Waals surface area contributed by atoms with Crippen molar-refractivity contribution in [3.63, 3.8) is 0 Å². The van der Waals surface area contributed by atoms with E-state index < -0.39 is 11.2 Å². The molecule has 0 aliphatic rings. The smallest absolute Gasteiger partial charge is 0.309 e. The summed E-state index contributed by atoms with van der Waals surface area (Å²) in [5, 5.41) is 10.1. The average Bonchev–Trinajstić information content (AvgIpc) is 2.24. The Morgan fingerprint density at radius 2 is 1.58 bits per heavy atom. The molecule has 3 heteroatoms. The third kappa shape index (κ3) is 4.36. The zero-order chi connectivity index (χ0) is 14.9. The Hall–Kier alpha value is -0.795. The minimum absolute atomic E-state index is 0.141. The normalized spacial score (nSPS) is 13.5.